The van der Waals surface area contributed by atoms with Crippen LogP contribution in [0.3, 0.4) is 0 Å². The van der Waals surface area contributed by atoms with E-state index in [-0.39, 0.29) is 0 Å². The highest BCUT2D eigenvalue weighted by Gasteiger charge is 1.85. The van der Waals surface area contributed by atoms with Crippen molar-refractivity contribution in [3.8, 4) is 0 Å². The molecule has 1 aliphatic carbocycles. The summed E-state index contributed by atoms with van der Waals surface area (Å²) >= 11 is 0. The highest BCUT2D eigenvalue weighted by atomic mass is 16.3. The average Bonchev–Trinajstić information content (AvgIpc) is 1.90. The van der Waals surface area contributed by atoms with Crippen molar-refractivity contribution < 1.29 is 0 Å². The third-order valence-electron chi connectivity index (χ3n) is 0.732. The maximum absolute atomic E-state index is 9.71. The predicted octanol–water partition coefficient (Wildman–Crippen LogP) is 1.52. The van der Waals surface area contributed by atoms with Crippen LogP contribution in [0.4, 0.5) is 0 Å². The summed E-state index contributed by atoms with van der Waals surface area (Å²) in [5, 5.41) is 2.63. The molecule has 0 atom stereocenters. The van der Waals surface area contributed by atoms with E-state index in [1.165, 1.54) is 0 Å². The molecule has 0 heterocycles. The van der Waals surface area contributed by atoms with E-state index in [2.05, 4.69) is 16.6 Å². The van der Waals surface area contributed by atoms with E-state index in [4.69, 9.17) is 0 Å². The van der Waals surface area contributed by atoms with Gasteiger partial charge in [0.2, 0.25) is 0 Å². The van der Waals surface area contributed by atoms with Crippen LogP contribution in [0.2, 0.25) is 0 Å². The van der Waals surface area contributed by atoms with Gasteiger partial charge in [-0.05, 0) is 23.1 Å². The smallest absolute Gasteiger partial charge is 0.144 e. The van der Waals surface area contributed by atoms with Crippen molar-refractivity contribution in [3.63, 3.8) is 0 Å². The van der Waals surface area contributed by atoms with Crippen molar-refractivity contribution in [2.75, 3.05) is 0 Å². The van der Waals surface area contributed by atoms with Crippen LogP contribution >= 0.6 is 0 Å². The molecular weight excluding hydrogens is 102 g/mol. The molecule has 0 N–H and O–H groups in total. The molecule has 0 saturated heterocycles. The van der Waals surface area contributed by atoms with Crippen LogP contribution in [0.5, 0.6) is 0 Å². The Balaban J connectivity index is 3.10. The zero-order valence-corrected chi connectivity index (χ0v) is 4.09. The van der Waals surface area contributed by atoms with E-state index in [1.54, 1.807) is 18.2 Å². The molecule has 0 unspecified atom stereocenters. The van der Waals surface area contributed by atoms with Gasteiger partial charge in [-0.1, -0.05) is 11.8 Å². The molecule has 2 heteroatoms. The van der Waals surface area contributed by atoms with Gasteiger partial charge in [0.05, 0.1) is 0 Å². The van der Waals surface area contributed by atoms with Crippen molar-refractivity contribution >= 4 is 0 Å². The van der Waals surface area contributed by atoms with Gasteiger partial charge < -0.3 is 0 Å². The first-order chi connectivity index (χ1) is 3.93. The average molecular weight is 105 g/mol. The SMILES string of the molecule is O=NC1=C=C=CC=C1. The Hall–Kier alpha value is -1.36. The molecule has 38 valence electrons. The Morgan fingerprint density at radius 3 is 2.88 bits per heavy atom. The van der Waals surface area contributed by atoms with Gasteiger partial charge in [-0.3, -0.25) is 0 Å². The van der Waals surface area contributed by atoms with Crippen LogP contribution in [-0.2, 0) is 0 Å². The second-order valence-electron chi connectivity index (χ2n) is 1.27. The minimum absolute atomic E-state index is 0.299. The summed E-state index contributed by atoms with van der Waals surface area (Å²) in [6.07, 6.45) is 4.92. The summed E-state index contributed by atoms with van der Waals surface area (Å²) in [5.74, 6) is 0. The van der Waals surface area contributed by atoms with E-state index in [0.29, 0.717) is 5.70 Å². The van der Waals surface area contributed by atoms with E-state index in [0.717, 1.165) is 0 Å². The van der Waals surface area contributed by atoms with Gasteiger partial charge in [0.15, 0.2) is 5.70 Å². The summed E-state index contributed by atoms with van der Waals surface area (Å²) < 4.78 is 0. The Morgan fingerprint density at radius 1 is 1.62 bits per heavy atom. The number of nitrogens with zero attached hydrogens (tertiary/aromatic N) is 1. The fraction of sp³-hybridized carbons (Fsp3) is 0. The molecular formula is C6H3NO. The lowest BCUT2D eigenvalue weighted by Gasteiger charge is -1.78. The second kappa shape index (κ2) is 2.08. The van der Waals surface area contributed by atoms with Gasteiger partial charge in [0, 0.05) is 0 Å². The molecule has 1 rings (SSSR count). The highest BCUT2D eigenvalue weighted by molar-refractivity contribution is 5.24. The Bertz CT molecular complexity index is 225. The van der Waals surface area contributed by atoms with E-state index >= 15 is 0 Å². The molecule has 0 aromatic heterocycles. The molecule has 0 bridgehead atoms. The minimum Gasteiger partial charge on any atom is -0.144 e. The van der Waals surface area contributed by atoms with Crippen molar-refractivity contribution in [2.45, 2.75) is 0 Å². The molecule has 0 saturated carbocycles. The third kappa shape index (κ3) is 0.824. The number of hydrogen-bond acceptors (Lipinski definition) is 2. The van der Waals surface area contributed by atoms with Crippen LogP contribution in [0.25, 0.3) is 0 Å². The molecule has 0 radical (unpaired) electrons. The largest absolute Gasteiger partial charge is 0.158 e. The van der Waals surface area contributed by atoms with Crippen LogP contribution in [-0.4, -0.2) is 0 Å². The predicted molar refractivity (Wildman–Crippen MR) is 30.0 cm³/mol. The molecule has 0 spiro atoms. The molecule has 0 aliphatic heterocycles. The van der Waals surface area contributed by atoms with Crippen molar-refractivity contribution in [3.05, 3.63) is 40.3 Å². The van der Waals surface area contributed by atoms with E-state index in [9.17, 15) is 4.91 Å². The summed E-state index contributed by atoms with van der Waals surface area (Å²) in [6, 6.07) is 0. The maximum atomic E-state index is 9.71. The van der Waals surface area contributed by atoms with Crippen LogP contribution in [0, 0.1) is 4.91 Å². The zero-order chi connectivity index (χ0) is 5.82. The summed E-state index contributed by atoms with van der Waals surface area (Å²) in [6.45, 7) is 0. The first-order valence-electron chi connectivity index (χ1n) is 2.15. The highest BCUT2D eigenvalue weighted by Crippen LogP contribution is 1.97. The third-order valence-corrected chi connectivity index (χ3v) is 0.732. The summed E-state index contributed by atoms with van der Waals surface area (Å²) in [7, 11) is 0. The quantitative estimate of drug-likeness (QED) is 0.367. The molecule has 0 aromatic carbocycles. The first kappa shape index (κ1) is 4.79. The monoisotopic (exact) mass is 105 g/mol. The maximum Gasteiger partial charge on any atom is 0.158 e. The summed E-state index contributed by atoms with van der Waals surface area (Å²) in [4.78, 5) is 9.71. The second-order valence-corrected chi connectivity index (χ2v) is 1.27. The lowest BCUT2D eigenvalue weighted by Crippen LogP contribution is -1.65. The van der Waals surface area contributed by atoms with Crippen LogP contribution in [0.15, 0.2) is 40.6 Å². The van der Waals surface area contributed by atoms with Crippen molar-refractivity contribution in [1.82, 2.24) is 0 Å². The van der Waals surface area contributed by atoms with Gasteiger partial charge in [0.25, 0.3) is 0 Å². The fourth-order valence-corrected chi connectivity index (χ4v) is 0.398. The fourth-order valence-electron chi connectivity index (χ4n) is 0.398. The lowest BCUT2D eigenvalue weighted by atomic mass is 10.3. The van der Waals surface area contributed by atoms with E-state index < -0.39 is 0 Å². The summed E-state index contributed by atoms with van der Waals surface area (Å²) in [5.41, 5.74) is 5.41. The topological polar surface area (TPSA) is 29.4 Å². The van der Waals surface area contributed by atoms with Gasteiger partial charge >= 0.3 is 0 Å². The Kier molecular flexibility index (Phi) is 1.25. The normalized spacial score (nSPS) is 13.8. The Morgan fingerprint density at radius 2 is 2.50 bits per heavy atom. The number of rotatable bonds is 1. The van der Waals surface area contributed by atoms with Crippen LogP contribution in [0.1, 0.15) is 0 Å². The number of allylic oxidation sites excluding steroid dienone is 3. The molecule has 2 nitrogen and oxygen atoms in total. The van der Waals surface area contributed by atoms with E-state index in [1.807, 2.05) is 0 Å². The zero-order valence-electron chi connectivity index (χ0n) is 4.09. The van der Waals surface area contributed by atoms with Gasteiger partial charge in [0.1, 0.15) is 0 Å². The standard InChI is InChI=1S/C6H3NO/c8-7-6-4-2-1-3-5-6/h1-2,4H. The van der Waals surface area contributed by atoms with Crippen molar-refractivity contribution in [1.29, 1.82) is 0 Å². The number of hydrogen-bond donors (Lipinski definition) is 0. The molecule has 0 aromatic rings. The molecule has 1 aliphatic rings. The van der Waals surface area contributed by atoms with Gasteiger partial charge in [-0.15, -0.1) is 4.91 Å². The first-order valence-corrected chi connectivity index (χ1v) is 2.15. The molecule has 0 amide bonds. The Labute approximate surface area is 46.5 Å². The minimum atomic E-state index is 0.299. The molecule has 8 heavy (non-hydrogen) atoms. The van der Waals surface area contributed by atoms with Gasteiger partial charge in [-0.25, -0.2) is 0 Å². The lowest BCUT2D eigenvalue weighted by molar-refractivity contribution is 1.39. The molecule has 0 fully saturated rings. The van der Waals surface area contributed by atoms with Gasteiger partial charge in [-0.2, -0.15) is 0 Å². The van der Waals surface area contributed by atoms with Crippen molar-refractivity contribution in [2.24, 2.45) is 5.18 Å². The number of nitroso groups, excluding NO2 is 1. The van der Waals surface area contributed by atoms with Crippen LogP contribution < -0.4 is 0 Å².